The molecule has 0 radical (unpaired) electrons. The van der Waals surface area contributed by atoms with Crippen LogP contribution in [0.5, 0.6) is 0 Å². The SMILES string of the molecule is CCC(=O)c1cc(Cl)nc(Cl)c1. The fourth-order valence-electron chi connectivity index (χ4n) is 0.830. The fraction of sp³-hybridized carbons (Fsp3) is 0.250. The molecular formula is C8H7Cl2NO. The lowest BCUT2D eigenvalue weighted by atomic mass is 10.1. The van der Waals surface area contributed by atoms with Gasteiger partial charge >= 0.3 is 0 Å². The third kappa shape index (κ3) is 2.19. The number of nitrogens with zero attached hydrogens (tertiary/aromatic N) is 1. The second-order valence-corrected chi connectivity index (χ2v) is 3.05. The first-order valence-corrected chi connectivity index (χ1v) is 4.25. The molecule has 12 heavy (non-hydrogen) atoms. The van der Waals surface area contributed by atoms with Crippen LogP contribution in [0, 0.1) is 0 Å². The number of aromatic nitrogens is 1. The van der Waals surface area contributed by atoms with Crippen LogP contribution in [0.25, 0.3) is 0 Å². The van der Waals surface area contributed by atoms with Crippen LogP contribution >= 0.6 is 23.2 Å². The van der Waals surface area contributed by atoms with Crippen LogP contribution in [0.15, 0.2) is 12.1 Å². The Kier molecular flexibility index (Phi) is 3.06. The largest absolute Gasteiger partial charge is 0.294 e. The molecule has 0 saturated heterocycles. The zero-order valence-corrected chi connectivity index (χ0v) is 7.99. The average Bonchev–Trinajstić information content (AvgIpc) is 2.01. The zero-order valence-electron chi connectivity index (χ0n) is 6.47. The summed E-state index contributed by atoms with van der Waals surface area (Å²) in [7, 11) is 0. The number of carbonyl (C=O) groups is 1. The number of hydrogen-bond acceptors (Lipinski definition) is 2. The highest BCUT2D eigenvalue weighted by molar-refractivity contribution is 6.33. The van der Waals surface area contributed by atoms with Crippen LogP contribution < -0.4 is 0 Å². The van der Waals surface area contributed by atoms with Crippen LogP contribution in [-0.2, 0) is 0 Å². The summed E-state index contributed by atoms with van der Waals surface area (Å²) in [4.78, 5) is 14.9. The van der Waals surface area contributed by atoms with Crippen LogP contribution in [0.1, 0.15) is 23.7 Å². The third-order valence-corrected chi connectivity index (χ3v) is 1.79. The van der Waals surface area contributed by atoms with Gasteiger partial charge in [0.25, 0.3) is 0 Å². The molecule has 0 amide bonds. The smallest absolute Gasteiger partial charge is 0.162 e. The molecule has 0 unspecified atom stereocenters. The molecule has 0 aromatic carbocycles. The number of halogens is 2. The van der Waals surface area contributed by atoms with E-state index in [4.69, 9.17) is 23.2 Å². The molecule has 1 aromatic heterocycles. The zero-order chi connectivity index (χ0) is 9.14. The molecule has 0 N–H and O–H groups in total. The van der Waals surface area contributed by atoms with Gasteiger partial charge < -0.3 is 0 Å². The lowest BCUT2D eigenvalue weighted by molar-refractivity contribution is 0.0988. The van der Waals surface area contributed by atoms with Crippen molar-refractivity contribution in [2.75, 3.05) is 0 Å². The van der Waals surface area contributed by atoms with E-state index in [1.54, 1.807) is 6.92 Å². The van der Waals surface area contributed by atoms with Crippen molar-refractivity contribution >= 4 is 29.0 Å². The summed E-state index contributed by atoms with van der Waals surface area (Å²) in [6.45, 7) is 1.78. The van der Waals surface area contributed by atoms with Gasteiger partial charge in [0.05, 0.1) is 0 Å². The first-order chi connectivity index (χ1) is 5.63. The number of pyridine rings is 1. The van der Waals surface area contributed by atoms with E-state index in [-0.39, 0.29) is 16.1 Å². The van der Waals surface area contributed by atoms with Crippen molar-refractivity contribution in [1.82, 2.24) is 4.98 Å². The fourth-order valence-corrected chi connectivity index (χ4v) is 1.29. The van der Waals surface area contributed by atoms with Crippen LogP contribution in [0.4, 0.5) is 0 Å². The van der Waals surface area contributed by atoms with Gasteiger partial charge in [-0.15, -0.1) is 0 Å². The number of ketones is 1. The first kappa shape index (κ1) is 9.49. The molecular weight excluding hydrogens is 197 g/mol. The first-order valence-electron chi connectivity index (χ1n) is 3.49. The Labute approximate surface area is 80.5 Å². The van der Waals surface area contributed by atoms with E-state index in [2.05, 4.69) is 4.98 Å². The summed E-state index contributed by atoms with van der Waals surface area (Å²) in [5.41, 5.74) is 0.516. The minimum Gasteiger partial charge on any atom is -0.294 e. The van der Waals surface area contributed by atoms with Crippen LogP contribution in [-0.4, -0.2) is 10.8 Å². The predicted molar refractivity (Wildman–Crippen MR) is 48.9 cm³/mol. The van der Waals surface area contributed by atoms with E-state index in [0.29, 0.717) is 12.0 Å². The van der Waals surface area contributed by atoms with Gasteiger partial charge in [-0.2, -0.15) is 0 Å². The van der Waals surface area contributed by atoms with E-state index in [1.165, 1.54) is 12.1 Å². The Morgan fingerprint density at radius 3 is 2.33 bits per heavy atom. The minimum absolute atomic E-state index is 0.0150. The molecule has 0 atom stereocenters. The molecule has 1 rings (SSSR count). The highest BCUT2D eigenvalue weighted by Crippen LogP contribution is 2.15. The Hall–Kier alpha value is -0.600. The van der Waals surface area contributed by atoms with Gasteiger partial charge in [-0.1, -0.05) is 30.1 Å². The Bertz CT molecular complexity index is 292. The topological polar surface area (TPSA) is 30.0 Å². The maximum Gasteiger partial charge on any atom is 0.162 e. The van der Waals surface area contributed by atoms with Crippen molar-refractivity contribution in [2.45, 2.75) is 13.3 Å². The summed E-state index contributed by atoms with van der Waals surface area (Å²) in [6.07, 6.45) is 0.441. The summed E-state index contributed by atoms with van der Waals surface area (Å²) in [6, 6.07) is 3.03. The lowest BCUT2D eigenvalue weighted by Gasteiger charge is -1.98. The Morgan fingerprint density at radius 2 is 1.92 bits per heavy atom. The predicted octanol–water partition coefficient (Wildman–Crippen LogP) is 2.98. The molecule has 1 heterocycles. The van der Waals surface area contributed by atoms with Gasteiger partial charge in [0.15, 0.2) is 5.78 Å². The lowest BCUT2D eigenvalue weighted by Crippen LogP contribution is -1.96. The average molecular weight is 204 g/mol. The molecule has 0 aliphatic carbocycles. The highest BCUT2D eigenvalue weighted by atomic mass is 35.5. The van der Waals surface area contributed by atoms with Gasteiger partial charge in [-0.25, -0.2) is 4.98 Å². The van der Waals surface area contributed by atoms with E-state index in [1.807, 2.05) is 0 Å². The second-order valence-electron chi connectivity index (χ2n) is 2.28. The van der Waals surface area contributed by atoms with Gasteiger partial charge in [-0.3, -0.25) is 4.79 Å². The normalized spacial score (nSPS) is 9.92. The van der Waals surface area contributed by atoms with E-state index < -0.39 is 0 Å². The van der Waals surface area contributed by atoms with E-state index in [9.17, 15) is 4.79 Å². The standard InChI is InChI=1S/C8H7Cl2NO/c1-2-6(12)5-3-7(9)11-8(10)4-5/h3-4H,2H2,1H3. The monoisotopic (exact) mass is 203 g/mol. The maximum absolute atomic E-state index is 11.2. The van der Waals surface area contributed by atoms with Gasteiger partial charge in [0.2, 0.25) is 0 Å². The number of Topliss-reactive ketones (excluding diaryl/α,β-unsaturated/α-hetero) is 1. The maximum atomic E-state index is 11.2. The van der Waals surface area contributed by atoms with Crippen LogP contribution in [0.3, 0.4) is 0 Å². The Balaban J connectivity index is 3.08. The van der Waals surface area contributed by atoms with Crippen molar-refractivity contribution in [3.8, 4) is 0 Å². The van der Waals surface area contributed by atoms with Crippen molar-refractivity contribution in [1.29, 1.82) is 0 Å². The summed E-state index contributed by atoms with van der Waals surface area (Å²) in [5.74, 6) is 0.0150. The van der Waals surface area contributed by atoms with Crippen molar-refractivity contribution in [2.24, 2.45) is 0 Å². The van der Waals surface area contributed by atoms with Crippen LogP contribution in [0.2, 0.25) is 10.3 Å². The van der Waals surface area contributed by atoms with Crippen molar-refractivity contribution < 1.29 is 4.79 Å². The minimum atomic E-state index is 0.0150. The van der Waals surface area contributed by atoms with Gasteiger partial charge in [-0.05, 0) is 12.1 Å². The molecule has 0 bridgehead atoms. The number of hydrogen-bond donors (Lipinski definition) is 0. The number of rotatable bonds is 2. The molecule has 0 fully saturated rings. The van der Waals surface area contributed by atoms with Gasteiger partial charge in [0.1, 0.15) is 10.3 Å². The number of carbonyl (C=O) groups excluding carboxylic acids is 1. The Morgan fingerprint density at radius 1 is 1.42 bits per heavy atom. The molecule has 64 valence electrons. The molecule has 0 saturated carbocycles. The summed E-state index contributed by atoms with van der Waals surface area (Å²) < 4.78 is 0. The summed E-state index contributed by atoms with van der Waals surface area (Å²) in [5, 5.41) is 0.499. The quantitative estimate of drug-likeness (QED) is 0.547. The van der Waals surface area contributed by atoms with E-state index >= 15 is 0 Å². The van der Waals surface area contributed by atoms with Crippen molar-refractivity contribution in [3.05, 3.63) is 28.0 Å². The molecule has 0 aliphatic rings. The third-order valence-electron chi connectivity index (χ3n) is 1.41. The van der Waals surface area contributed by atoms with E-state index in [0.717, 1.165) is 0 Å². The highest BCUT2D eigenvalue weighted by Gasteiger charge is 2.05. The van der Waals surface area contributed by atoms with Gasteiger partial charge in [0, 0.05) is 12.0 Å². The molecule has 1 aromatic rings. The molecule has 4 heteroatoms. The molecule has 0 aliphatic heterocycles. The second kappa shape index (κ2) is 3.87. The van der Waals surface area contributed by atoms with Crippen molar-refractivity contribution in [3.63, 3.8) is 0 Å². The summed E-state index contributed by atoms with van der Waals surface area (Å²) >= 11 is 11.2. The molecule has 0 spiro atoms. The molecule has 2 nitrogen and oxygen atoms in total.